The fourth-order valence-electron chi connectivity index (χ4n) is 15.6. The van der Waals surface area contributed by atoms with E-state index < -0.39 is 156 Å². The molecule has 0 radical (unpaired) electrons. The molecular formula is C57H88O20. The van der Waals surface area contributed by atoms with Crippen molar-refractivity contribution >= 4 is 12.0 Å². The Morgan fingerprint density at radius 2 is 1.26 bits per heavy atom. The minimum atomic E-state index is -1.88. The van der Waals surface area contributed by atoms with Gasteiger partial charge >= 0.3 is 5.97 Å². The summed E-state index contributed by atoms with van der Waals surface area (Å²) >= 11 is 0. The van der Waals surface area contributed by atoms with Gasteiger partial charge in [0.15, 0.2) is 25.2 Å². The van der Waals surface area contributed by atoms with Crippen LogP contribution in [0.5, 0.6) is 0 Å². The average Bonchev–Trinajstić information content (AvgIpc) is 3.95. The van der Waals surface area contributed by atoms with Crippen molar-refractivity contribution in [2.24, 2.45) is 22.7 Å². The first-order valence-corrected chi connectivity index (χ1v) is 28.1. The number of carbonyl (C=O) groups is 1. The number of benzene rings is 1. The molecule has 4 heterocycles. The van der Waals surface area contributed by atoms with E-state index in [0.29, 0.717) is 25.7 Å². The Morgan fingerprint density at radius 3 is 1.86 bits per heavy atom. The minimum Gasteiger partial charge on any atom is -0.458 e. The molecule has 4 aliphatic heterocycles. The zero-order chi connectivity index (χ0) is 55.6. The van der Waals surface area contributed by atoms with Crippen molar-refractivity contribution in [1.29, 1.82) is 0 Å². The fourth-order valence-corrected chi connectivity index (χ4v) is 15.6. The van der Waals surface area contributed by atoms with Gasteiger partial charge in [-0.05, 0) is 115 Å². The zero-order valence-electron chi connectivity index (χ0n) is 46.5. The van der Waals surface area contributed by atoms with E-state index >= 15 is 0 Å². The van der Waals surface area contributed by atoms with Crippen molar-refractivity contribution in [3.63, 3.8) is 0 Å². The first kappa shape index (κ1) is 59.3. The second-order valence-electron chi connectivity index (χ2n) is 24.1. The zero-order valence-corrected chi connectivity index (χ0v) is 46.5. The fraction of sp³-hybridized carbons (Fsp3) is 0.842. The summed E-state index contributed by atoms with van der Waals surface area (Å²) < 4.78 is 74.3. The number of carbonyl (C=O) groups excluding carboxylic acids is 1. The lowest BCUT2D eigenvalue weighted by molar-refractivity contribution is -0.356. The van der Waals surface area contributed by atoms with Crippen molar-refractivity contribution in [2.75, 3.05) is 21.3 Å². The number of esters is 1. The smallest absolute Gasteiger partial charge is 0.331 e. The lowest BCUT2D eigenvalue weighted by Crippen LogP contribution is -2.79. The van der Waals surface area contributed by atoms with Crippen LogP contribution in [0.25, 0.3) is 6.08 Å². The molecule has 0 spiro atoms. The molecule has 8 aliphatic rings. The first-order chi connectivity index (χ1) is 36.4. The van der Waals surface area contributed by atoms with Gasteiger partial charge in [0.25, 0.3) is 0 Å². The van der Waals surface area contributed by atoms with Crippen LogP contribution in [0.1, 0.15) is 125 Å². The molecule has 20 nitrogen and oxygen atoms in total. The Bertz CT molecular complexity index is 2160. The number of rotatable bonds is 15. The highest BCUT2D eigenvalue weighted by molar-refractivity contribution is 5.87. The molecule has 9 rings (SSSR count). The lowest BCUT2D eigenvalue weighted by atomic mass is 9.40. The van der Waals surface area contributed by atoms with Gasteiger partial charge in [0.1, 0.15) is 53.9 Å². The summed E-state index contributed by atoms with van der Waals surface area (Å²) in [6, 6.07) is 9.33. The Hall–Kier alpha value is -2.29. The summed E-state index contributed by atoms with van der Waals surface area (Å²) in [5.74, 6) is -1.10. The predicted molar refractivity (Wildman–Crippen MR) is 273 cm³/mol. The second-order valence-corrected chi connectivity index (χ2v) is 24.1. The van der Waals surface area contributed by atoms with E-state index in [-0.39, 0.29) is 57.0 Å². The highest BCUT2D eigenvalue weighted by atomic mass is 16.8. The summed E-state index contributed by atoms with van der Waals surface area (Å²) in [4.78, 5) is 13.6. The third kappa shape index (κ3) is 10.6. The molecule has 77 heavy (non-hydrogen) atoms. The Labute approximate surface area is 452 Å². The van der Waals surface area contributed by atoms with Crippen LogP contribution >= 0.6 is 0 Å². The van der Waals surface area contributed by atoms with Crippen LogP contribution in [0.4, 0.5) is 0 Å². The average molecular weight is 1090 g/mol. The molecule has 1 aromatic rings. The van der Waals surface area contributed by atoms with Gasteiger partial charge in [-0.25, -0.2) is 4.79 Å². The summed E-state index contributed by atoms with van der Waals surface area (Å²) in [5.41, 5.74) is -6.68. The largest absolute Gasteiger partial charge is 0.458 e. The van der Waals surface area contributed by atoms with Crippen LogP contribution < -0.4 is 0 Å². The Balaban J connectivity index is 0.790. The highest BCUT2D eigenvalue weighted by Gasteiger charge is 2.81. The quantitative estimate of drug-likeness (QED) is 0.0753. The van der Waals surface area contributed by atoms with Crippen molar-refractivity contribution < 1.29 is 97.4 Å². The molecule has 4 aliphatic carbocycles. The maximum Gasteiger partial charge on any atom is 0.331 e. The van der Waals surface area contributed by atoms with E-state index in [1.165, 1.54) is 20.1 Å². The maximum atomic E-state index is 13.6. The van der Waals surface area contributed by atoms with Crippen molar-refractivity contribution in [3.05, 3.63) is 42.0 Å². The molecule has 0 amide bonds. The lowest BCUT2D eigenvalue weighted by Gasteiger charge is -2.69. The SMILES string of the molecule is CO[C@@H]1[C@@H](O)[C@H](O[C@@H]2[C@@H](C)O[C@@H](O[C@H]3[C@@H](OC)C[C@H](O[C@H]4[C@@H](O)C[C@H](O[C@H]5CC[C@@]6(C)[C@@H](CC[C@]7(O)[C@@H]6C[C@@H](OC(=O)/C=C/c6ccccc6)[C@@]6(C)[C@]7(O)CC[C@@]6(O)C(C)O)C5)O[C@@H]4C)O[C@@H]3C)C[C@H]2OC)O[C@H](C)[C@H]1O. The van der Waals surface area contributed by atoms with Crippen molar-refractivity contribution in [1.82, 2.24) is 0 Å². The molecule has 20 heteroatoms. The predicted octanol–water partition coefficient (Wildman–Crippen LogP) is 3.42. The monoisotopic (exact) mass is 1090 g/mol. The topological polar surface area (TPSA) is 269 Å². The number of methoxy groups -OCH3 is 3. The number of ether oxygens (including phenoxy) is 12. The summed E-state index contributed by atoms with van der Waals surface area (Å²) in [7, 11) is 4.57. The van der Waals surface area contributed by atoms with Gasteiger partial charge in [0.05, 0.1) is 66.0 Å². The molecule has 8 fully saturated rings. The standard InChI is InChI=1S/C57H88O20/c1-29-46(61)51(68-10)47(62)52(72-29)77-50-32(4)71-45(27-39(50)67-9)76-49-31(3)70-44(26-38(49)66-8)75-48-30(2)69-43(25-37(48)59)73-36-19-20-53(6)35(24-36)18-21-56(64)40(53)28-41(74-42(60)17-16-34-14-12-11-13-15-34)54(7)55(63,33(5)58)22-23-57(54,56)65/h11-17,29-33,35-41,43-52,58-59,61-65H,18-28H2,1-10H3/b17-16+/t29-,30-,31-,32-,33?,35+,36+,37+,38+,39-,40-,41-,43+,44+,45+,46-,47-,48-,49-,50-,51+,52+,53+,54-,55-,56+,57-/m1/s1. The summed E-state index contributed by atoms with van der Waals surface area (Å²) in [6.45, 7) is 12.5. The van der Waals surface area contributed by atoms with Gasteiger partial charge in [-0.1, -0.05) is 44.2 Å². The molecule has 0 bridgehead atoms. The number of aliphatic hydroxyl groups excluding tert-OH is 4. The van der Waals surface area contributed by atoms with Crippen LogP contribution in [-0.2, 0) is 61.6 Å². The normalized spacial score (nSPS) is 50.6. The molecule has 0 aromatic heterocycles. The van der Waals surface area contributed by atoms with Crippen LogP contribution in [-0.4, -0.2) is 203 Å². The number of hydrogen-bond acceptors (Lipinski definition) is 20. The van der Waals surface area contributed by atoms with Gasteiger partial charge in [-0.2, -0.15) is 0 Å². The third-order valence-electron chi connectivity index (χ3n) is 20.1. The van der Waals surface area contributed by atoms with Crippen LogP contribution in [0.2, 0.25) is 0 Å². The molecule has 1 aromatic carbocycles. The highest BCUT2D eigenvalue weighted by Crippen LogP contribution is 2.72. The number of aliphatic hydroxyl groups is 7. The van der Waals surface area contributed by atoms with Crippen LogP contribution in [0, 0.1) is 22.7 Å². The van der Waals surface area contributed by atoms with Gasteiger partial charge in [0, 0.05) is 46.7 Å². The van der Waals surface area contributed by atoms with E-state index in [4.69, 9.17) is 56.8 Å². The molecule has 4 saturated heterocycles. The second kappa shape index (κ2) is 23.2. The molecular weight excluding hydrogens is 1000 g/mol. The molecule has 27 atom stereocenters. The third-order valence-corrected chi connectivity index (χ3v) is 20.1. The Kier molecular flexibility index (Phi) is 17.8. The van der Waals surface area contributed by atoms with Crippen molar-refractivity contribution in [3.8, 4) is 0 Å². The summed E-state index contributed by atoms with van der Waals surface area (Å²) in [5, 5.41) is 82.4. The van der Waals surface area contributed by atoms with Crippen molar-refractivity contribution in [2.45, 2.75) is 259 Å². The van der Waals surface area contributed by atoms with Gasteiger partial charge in [0.2, 0.25) is 0 Å². The molecule has 436 valence electrons. The minimum absolute atomic E-state index is 0.0187. The maximum absolute atomic E-state index is 13.6. The van der Waals surface area contributed by atoms with E-state index in [1.807, 2.05) is 51.1 Å². The number of fused-ring (bicyclic) bond motifs is 5. The molecule has 1 unspecified atom stereocenters. The molecule has 7 N–H and O–H groups in total. The first-order valence-electron chi connectivity index (χ1n) is 28.1. The van der Waals surface area contributed by atoms with E-state index in [0.717, 1.165) is 5.56 Å². The number of hydrogen-bond donors (Lipinski definition) is 7. The Morgan fingerprint density at radius 1 is 0.662 bits per heavy atom. The van der Waals surface area contributed by atoms with Crippen LogP contribution in [0.3, 0.4) is 0 Å². The van der Waals surface area contributed by atoms with Gasteiger partial charge in [-0.15, -0.1) is 0 Å². The van der Waals surface area contributed by atoms with E-state index in [9.17, 15) is 40.5 Å². The van der Waals surface area contributed by atoms with Gasteiger partial charge in [-0.3, -0.25) is 0 Å². The van der Waals surface area contributed by atoms with E-state index in [1.54, 1.807) is 34.1 Å². The van der Waals surface area contributed by atoms with E-state index in [2.05, 4.69) is 6.92 Å². The summed E-state index contributed by atoms with van der Waals surface area (Å²) in [6.07, 6.45) is -8.55. The van der Waals surface area contributed by atoms with Gasteiger partial charge < -0.3 is 92.6 Å². The molecule has 4 saturated carbocycles. The van der Waals surface area contributed by atoms with Crippen LogP contribution in [0.15, 0.2) is 36.4 Å².